The summed E-state index contributed by atoms with van der Waals surface area (Å²) >= 11 is 0. The molecule has 0 aromatic heterocycles. The number of rotatable bonds is 2. The number of halogens is 1. The van der Waals surface area contributed by atoms with E-state index in [-0.39, 0.29) is 29.7 Å². The van der Waals surface area contributed by atoms with E-state index in [9.17, 15) is 14.0 Å². The third-order valence-electron chi connectivity index (χ3n) is 5.59. The predicted octanol–water partition coefficient (Wildman–Crippen LogP) is 0.978. The number of fused-ring (bicyclic) bond motifs is 1. The van der Waals surface area contributed by atoms with Gasteiger partial charge in [0.25, 0.3) is 0 Å². The molecule has 1 atom stereocenters. The van der Waals surface area contributed by atoms with Gasteiger partial charge in [0.2, 0.25) is 0 Å². The van der Waals surface area contributed by atoms with E-state index < -0.39 is 6.09 Å². The molecule has 2 heterocycles. The molecule has 0 aromatic rings. The van der Waals surface area contributed by atoms with Crippen LogP contribution in [0.15, 0.2) is 0 Å². The summed E-state index contributed by atoms with van der Waals surface area (Å²) in [6.07, 6.45) is 1.43. The van der Waals surface area contributed by atoms with Gasteiger partial charge >= 0.3 is 12.1 Å². The van der Waals surface area contributed by atoms with Crippen molar-refractivity contribution >= 4 is 12.1 Å². The Hall–Kier alpha value is -1.53. The Morgan fingerprint density at radius 1 is 1.30 bits per heavy atom. The SMILES string of the molecule is O=C(O)N1CCN2C(=O)N(C34CC(CF)(C3)C4)C[C@@H]2C1. The summed E-state index contributed by atoms with van der Waals surface area (Å²) in [5, 5.41) is 9.05. The lowest BCUT2D eigenvalue weighted by atomic mass is 9.39. The fourth-order valence-electron chi connectivity index (χ4n) is 4.64. The van der Waals surface area contributed by atoms with Crippen LogP contribution in [0.4, 0.5) is 14.0 Å². The number of nitrogens with zero attached hydrogens (tertiary/aromatic N) is 3. The van der Waals surface area contributed by atoms with Gasteiger partial charge in [-0.3, -0.25) is 4.39 Å². The summed E-state index contributed by atoms with van der Waals surface area (Å²) in [7, 11) is 0. The van der Waals surface area contributed by atoms with E-state index in [0.29, 0.717) is 26.2 Å². The maximum atomic E-state index is 12.9. The van der Waals surface area contributed by atoms with E-state index in [1.165, 1.54) is 4.90 Å². The average Bonchev–Trinajstić information content (AvgIpc) is 2.64. The molecule has 5 fully saturated rings. The summed E-state index contributed by atoms with van der Waals surface area (Å²) in [5.41, 5.74) is -0.259. The molecule has 0 spiro atoms. The molecule has 6 nitrogen and oxygen atoms in total. The number of hydrogen-bond donors (Lipinski definition) is 1. The zero-order valence-corrected chi connectivity index (χ0v) is 11.2. The molecule has 2 saturated heterocycles. The minimum atomic E-state index is -0.919. The highest BCUT2D eigenvalue weighted by Crippen LogP contribution is 2.70. The summed E-state index contributed by atoms with van der Waals surface area (Å²) in [5.74, 6) is 0. The van der Waals surface area contributed by atoms with Gasteiger partial charge in [-0.2, -0.15) is 0 Å². The van der Waals surface area contributed by atoms with Gasteiger partial charge < -0.3 is 19.8 Å². The molecule has 2 aliphatic heterocycles. The number of carbonyl (C=O) groups excluding carboxylic acids is 1. The minimum Gasteiger partial charge on any atom is -0.465 e. The van der Waals surface area contributed by atoms with Crippen LogP contribution in [0.3, 0.4) is 0 Å². The summed E-state index contributed by atoms with van der Waals surface area (Å²) in [4.78, 5) is 28.6. The standard InChI is InChI=1S/C13H18FN3O3/c14-8-12-5-13(6-12,7-12)17-4-9-3-15(11(19)20)1-2-16(9)10(17)18/h9H,1-8H2,(H,19,20)/t9-,12?,13?/m0/s1. The summed E-state index contributed by atoms with van der Waals surface area (Å²) in [6.45, 7) is 1.55. The smallest absolute Gasteiger partial charge is 0.407 e. The largest absolute Gasteiger partial charge is 0.465 e. The fourth-order valence-corrected chi connectivity index (χ4v) is 4.64. The van der Waals surface area contributed by atoms with Crippen LogP contribution < -0.4 is 0 Å². The molecule has 5 rings (SSSR count). The minimum absolute atomic E-state index is 0.0206. The molecule has 1 N–H and O–H groups in total. The quantitative estimate of drug-likeness (QED) is 0.821. The highest BCUT2D eigenvalue weighted by Gasteiger charge is 2.72. The van der Waals surface area contributed by atoms with E-state index >= 15 is 0 Å². The summed E-state index contributed by atoms with van der Waals surface area (Å²) < 4.78 is 12.9. The Labute approximate surface area is 116 Å². The van der Waals surface area contributed by atoms with Crippen molar-refractivity contribution in [3.63, 3.8) is 0 Å². The van der Waals surface area contributed by atoms with Gasteiger partial charge in [0, 0.05) is 37.1 Å². The first-order valence-electron chi connectivity index (χ1n) is 7.11. The van der Waals surface area contributed by atoms with Crippen molar-refractivity contribution < 1.29 is 19.1 Å². The van der Waals surface area contributed by atoms with Crippen LogP contribution in [0.25, 0.3) is 0 Å². The average molecular weight is 283 g/mol. The van der Waals surface area contributed by atoms with E-state index in [4.69, 9.17) is 5.11 Å². The van der Waals surface area contributed by atoms with Gasteiger partial charge in [0.1, 0.15) is 0 Å². The molecule has 0 aromatic carbocycles. The number of alkyl halides is 1. The Kier molecular flexibility index (Phi) is 2.18. The highest BCUT2D eigenvalue weighted by molar-refractivity contribution is 5.79. The van der Waals surface area contributed by atoms with Crippen LogP contribution in [-0.4, -0.2) is 76.4 Å². The van der Waals surface area contributed by atoms with Crippen LogP contribution in [0.2, 0.25) is 0 Å². The van der Waals surface area contributed by atoms with Crippen molar-refractivity contribution in [2.45, 2.75) is 30.8 Å². The van der Waals surface area contributed by atoms with Crippen molar-refractivity contribution in [1.82, 2.24) is 14.7 Å². The normalized spacial score (nSPS) is 42.1. The van der Waals surface area contributed by atoms with Crippen LogP contribution in [0.5, 0.6) is 0 Å². The first-order chi connectivity index (χ1) is 9.49. The van der Waals surface area contributed by atoms with Gasteiger partial charge in [-0.25, -0.2) is 9.59 Å². The number of hydrogen-bond acceptors (Lipinski definition) is 2. The van der Waals surface area contributed by atoms with Crippen LogP contribution in [-0.2, 0) is 0 Å². The van der Waals surface area contributed by atoms with Crippen molar-refractivity contribution in [2.24, 2.45) is 5.41 Å². The highest BCUT2D eigenvalue weighted by atomic mass is 19.1. The van der Waals surface area contributed by atoms with Crippen molar-refractivity contribution in [3.05, 3.63) is 0 Å². The van der Waals surface area contributed by atoms with Crippen LogP contribution in [0, 0.1) is 5.41 Å². The van der Waals surface area contributed by atoms with Crippen molar-refractivity contribution in [3.8, 4) is 0 Å². The van der Waals surface area contributed by atoms with Gasteiger partial charge in [-0.05, 0) is 19.3 Å². The molecule has 5 aliphatic rings. The van der Waals surface area contributed by atoms with Crippen molar-refractivity contribution in [2.75, 3.05) is 32.9 Å². The number of carbonyl (C=O) groups is 2. The molecule has 3 amide bonds. The molecule has 2 bridgehead atoms. The van der Waals surface area contributed by atoms with Gasteiger partial charge in [-0.1, -0.05) is 0 Å². The summed E-state index contributed by atoms with van der Waals surface area (Å²) in [6, 6.07) is -0.0186. The first kappa shape index (κ1) is 12.2. The molecule has 3 aliphatic carbocycles. The fraction of sp³-hybridized carbons (Fsp3) is 0.846. The second-order valence-corrected chi connectivity index (χ2v) is 6.86. The van der Waals surface area contributed by atoms with Crippen LogP contribution >= 0.6 is 0 Å². The Morgan fingerprint density at radius 2 is 2.00 bits per heavy atom. The Bertz CT molecular complexity index is 477. The zero-order chi connectivity index (χ0) is 14.1. The van der Waals surface area contributed by atoms with Crippen LogP contribution in [0.1, 0.15) is 19.3 Å². The molecule has 20 heavy (non-hydrogen) atoms. The Balaban J connectivity index is 1.47. The third-order valence-corrected chi connectivity index (χ3v) is 5.59. The number of piperazine rings is 1. The monoisotopic (exact) mass is 283 g/mol. The number of carboxylic acid groups (broad SMARTS) is 1. The van der Waals surface area contributed by atoms with Gasteiger partial charge in [0.05, 0.1) is 12.7 Å². The molecule has 110 valence electrons. The molecular weight excluding hydrogens is 265 g/mol. The number of amides is 3. The van der Waals surface area contributed by atoms with Gasteiger partial charge in [-0.15, -0.1) is 0 Å². The van der Waals surface area contributed by atoms with E-state index in [1.807, 2.05) is 4.90 Å². The van der Waals surface area contributed by atoms with E-state index in [2.05, 4.69) is 0 Å². The lowest BCUT2D eigenvalue weighted by Gasteiger charge is -2.72. The second kappa shape index (κ2) is 3.56. The van der Waals surface area contributed by atoms with E-state index in [0.717, 1.165) is 19.3 Å². The molecule has 3 saturated carbocycles. The van der Waals surface area contributed by atoms with Gasteiger partial charge in [0.15, 0.2) is 0 Å². The van der Waals surface area contributed by atoms with E-state index in [1.54, 1.807) is 4.90 Å². The topological polar surface area (TPSA) is 64.1 Å². The molecular formula is C13H18FN3O3. The Morgan fingerprint density at radius 3 is 2.60 bits per heavy atom. The third kappa shape index (κ3) is 1.33. The molecule has 0 unspecified atom stereocenters. The predicted molar refractivity (Wildman–Crippen MR) is 67.2 cm³/mol. The first-order valence-corrected chi connectivity index (χ1v) is 7.11. The maximum absolute atomic E-state index is 12.9. The maximum Gasteiger partial charge on any atom is 0.407 e. The molecule has 0 radical (unpaired) electrons. The second-order valence-electron chi connectivity index (χ2n) is 6.86. The lowest BCUT2D eigenvalue weighted by molar-refractivity contribution is -0.207. The number of urea groups is 1. The zero-order valence-electron chi connectivity index (χ0n) is 11.2. The molecule has 7 heteroatoms. The van der Waals surface area contributed by atoms with Crippen molar-refractivity contribution in [1.29, 1.82) is 0 Å². The lowest BCUT2D eigenvalue weighted by Crippen LogP contribution is -2.75.